The number of thiophene rings is 1. The van der Waals surface area contributed by atoms with Gasteiger partial charge >= 0.3 is 17.9 Å². The predicted octanol–water partition coefficient (Wildman–Crippen LogP) is 2.30. The molecule has 0 aliphatic heterocycles. The van der Waals surface area contributed by atoms with Crippen molar-refractivity contribution in [2.24, 2.45) is 0 Å². The molecule has 2 aromatic rings. The average Bonchev–Trinajstić information content (AvgIpc) is 3.06. The van der Waals surface area contributed by atoms with Crippen LogP contribution in [0.2, 0.25) is 0 Å². The second-order valence-corrected chi connectivity index (χ2v) is 6.58. The number of nitriles is 1. The van der Waals surface area contributed by atoms with E-state index in [0.717, 1.165) is 11.3 Å². The monoisotopic (exact) mass is 416 g/mol. The maximum absolute atomic E-state index is 12.2. The molecule has 29 heavy (non-hydrogen) atoms. The fourth-order valence-electron chi connectivity index (χ4n) is 2.29. The van der Waals surface area contributed by atoms with Crippen LogP contribution >= 0.6 is 11.3 Å². The van der Waals surface area contributed by atoms with Crippen LogP contribution in [-0.2, 0) is 19.0 Å². The molecule has 9 nitrogen and oxygen atoms in total. The van der Waals surface area contributed by atoms with E-state index in [1.165, 1.54) is 45.4 Å². The van der Waals surface area contributed by atoms with Gasteiger partial charge in [0.05, 0.1) is 37.0 Å². The summed E-state index contributed by atoms with van der Waals surface area (Å²) < 4.78 is 14.3. The Kier molecular flexibility index (Phi) is 7.05. The maximum Gasteiger partial charge on any atom is 0.348 e. The SMILES string of the molecule is COC(=O)c1sc(NC(=O)COC(=O)c2ccc(C#N)cc2)c(C(=O)OC)c1C. The predicted molar refractivity (Wildman–Crippen MR) is 102 cm³/mol. The Morgan fingerprint density at radius 1 is 1.03 bits per heavy atom. The smallest absolute Gasteiger partial charge is 0.348 e. The standard InChI is InChI=1S/C19H16N2O7S/c1-10-14(18(24)26-2)16(29-15(10)19(25)27-3)21-13(22)9-28-17(23)12-6-4-11(8-20)5-7-12/h4-7H,9H2,1-3H3,(H,21,22). The molecule has 1 amide bonds. The second kappa shape index (κ2) is 9.48. The van der Waals surface area contributed by atoms with Crippen molar-refractivity contribution in [2.75, 3.05) is 26.1 Å². The van der Waals surface area contributed by atoms with Crippen molar-refractivity contribution in [1.29, 1.82) is 5.26 Å². The van der Waals surface area contributed by atoms with Crippen LogP contribution in [0.1, 0.15) is 41.5 Å². The molecule has 1 N–H and O–H groups in total. The first kappa shape index (κ1) is 21.6. The Bertz CT molecular complexity index is 1000. The lowest BCUT2D eigenvalue weighted by Gasteiger charge is -2.07. The molecule has 0 fully saturated rings. The second-order valence-electron chi connectivity index (χ2n) is 5.56. The molecule has 0 saturated carbocycles. The van der Waals surface area contributed by atoms with Gasteiger partial charge in [-0.2, -0.15) is 5.26 Å². The molecule has 0 aliphatic carbocycles. The first-order valence-electron chi connectivity index (χ1n) is 8.09. The van der Waals surface area contributed by atoms with Gasteiger partial charge in [-0.15, -0.1) is 11.3 Å². The van der Waals surface area contributed by atoms with Gasteiger partial charge in [0.2, 0.25) is 0 Å². The minimum absolute atomic E-state index is 0.0182. The molecule has 0 unspecified atom stereocenters. The molecule has 0 aliphatic rings. The van der Waals surface area contributed by atoms with Crippen molar-refractivity contribution in [3.05, 3.63) is 51.4 Å². The van der Waals surface area contributed by atoms with Crippen molar-refractivity contribution in [1.82, 2.24) is 0 Å². The van der Waals surface area contributed by atoms with Gasteiger partial charge in [-0.05, 0) is 36.8 Å². The van der Waals surface area contributed by atoms with E-state index in [1.54, 1.807) is 0 Å². The summed E-state index contributed by atoms with van der Waals surface area (Å²) in [6.45, 7) is 0.902. The summed E-state index contributed by atoms with van der Waals surface area (Å²) in [5.41, 5.74) is 0.874. The van der Waals surface area contributed by atoms with Gasteiger partial charge in [0.1, 0.15) is 9.88 Å². The van der Waals surface area contributed by atoms with E-state index in [1.807, 2.05) is 6.07 Å². The zero-order valence-corrected chi connectivity index (χ0v) is 16.5. The van der Waals surface area contributed by atoms with Crippen LogP contribution in [-0.4, -0.2) is 44.6 Å². The van der Waals surface area contributed by atoms with Gasteiger partial charge in [-0.3, -0.25) is 4.79 Å². The number of carbonyl (C=O) groups excluding carboxylic acids is 4. The molecule has 1 heterocycles. The van der Waals surface area contributed by atoms with Gasteiger partial charge in [0.15, 0.2) is 6.61 Å². The van der Waals surface area contributed by atoms with Crippen LogP contribution in [0.25, 0.3) is 0 Å². The normalized spacial score (nSPS) is 9.86. The highest BCUT2D eigenvalue weighted by molar-refractivity contribution is 7.18. The quantitative estimate of drug-likeness (QED) is 0.560. The van der Waals surface area contributed by atoms with Crippen LogP contribution in [0.3, 0.4) is 0 Å². The van der Waals surface area contributed by atoms with Crippen LogP contribution < -0.4 is 5.32 Å². The van der Waals surface area contributed by atoms with Gasteiger partial charge in [0.25, 0.3) is 5.91 Å². The third-order valence-electron chi connectivity index (χ3n) is 3.74. The molecule has 1 aromatic heterocycles. The number of hydrogen-bond acceptors (Lipinski definition) is 9. The van der Waals surface area contributed by atoms with Gasteiger partial charge in [-0.25, -0.2) is 14.4 Å². The van der Waals surface area contributed by atoms with E-state index in [9.17, 15) is 19.2 Å². The van der Waals surface area contributed by atoms with Crippen LogP contribution in [0.15, 0.2) is 24.3 Å². The van der Waals surface area contributed by atoms with Crippen molar-refractivity contribution < 1.29 is 33.4 Å². The number of nitrogens with zero attached hydrogens (tertiary/aromatic N) is 1. The van der Waals surface area contributed by atoms with E-state index in [0.29, 0.717) is 11.1 Å². The zero-order valence-electron chi connectivity index (χ0n) is 15.7. The molecule has 0 spiro atoms. The molecule has 150 valence electrons. The summed E-state index contributed by atoms with van der Waals surface area (Å²) in [4.78, 5) is 48.2. The molecular formula is C19H16N2O7S. The number of anilines is 1. The lowest BCUT2D eigenvalue weighted by molar-refractivity contribution is -0.119. The fourth-order valence-corrected chi connectivity index (χ4v) is 3.42. The number of amides is 1. The average molecular weight is 416 g/mol. The molecule has 2 rings (SSSR count). The number of rotatable bonds is 6. The first-order valence-corrected chi connectivity index (χ1v) is 8.91. The summed E-state index contributed by atoms with van der Waals surface area (Å²) in [6.07, 6.45) is 0. The molecule has 0 radical (unpaired) electrons. The molecule has 10 heteroatoms. The Balaban J connectivity index is 2.11. The molecular weight excluding hydrogens is 400 g/mol. The van der Waals surface area contributed by atoms with Crippen LogP contribution in [0.5, 0.6) is 0 Å². The van der Waals surface area contributed by atoms with E-state index in [-0.39, 0.29) is 21.0 Å². The van der Waals surface area contributed by atoms with E-state index in [4.69, 9.17) is 14.7 Å². The van der Waals surface area contributed by atoms with E-state index in [2.05, 4.69) is 10.1 Å². The number of hydrogen-bond donors (Lipinski definition) is 1. The highest BCUT2D eigenvalue weighted by Crippen LogP contribution is 2.34. The minimum Gasteiger partial charge on any atom is -0.465 e. The third kappa shape index (κ3) is 4.97. The number of esters is 3. The Morgan fingerprint density at radius 2 is 1.66 bits per heavy atom. The summed E-state index contributed by atoms with van der Waals surface area (Å²) >= 11 is 0.847. The number of nitrogens with one attached hydrogen (secondary N) is 1. The zero-order chi connectivity index (χ0) is 21.6. The van der Waals surface area contributed by atoms with E-state index < -0.39 is 30.4 Å². The van der Waals surface area contributed by atoms with Crippen LogP contribution in [0, 0.1) is 18.3 Å². The lowest BCUT2D eigenvalue weighted by atomic mass is 10.1. The van der Waals surface area contributed by atoms with Crippen molar-refractivity contribution in [2.45, 2.75) is 6.92 Å². The summed E-state index contributed by atoms with van der Waals surface area (Å²) in [5.74, 6) is -2.87. The van der Waals surface area contributed by atoms with Gasteiger partial charge < -0.3 is 19.5 Å². The lowest BCUT2D eigenvalue weighted by Crippen LogP contribution is -2.21. The van der Waals surface area contributed by atoms with Crippen molar-refractivity contribution in [3.8, 4) is 6.07 Å². The maximum atomic E-state index is 12.2. The van der Waals surface area contributed by atoms with Crippen molar-refractivity contribution in [3.63, 3.8) is 0 Å². The molecule has 1 aromatic carbocycles. The van der Waals surface area contributed by atoms with Gasteiger partial charge in [0, 0.05) is 0 Å². The largest absolute Gasteiger partial charge is 0.465 e. The highest BCUT2D eigenvalue weighted by Gasteiger charge is 2.27. The Morgan fingerprint density at radius 3 is 2.21 bits per heavy atom. The molecule has 0 atom stereocenters. The van der Waals surface area contributed by atoms with Gasteiger partial charge in [-0.1, -0.05) is 0 Å². The number of carbonyl (C=O) groups is 4. The third-order valence-corrected chi connectivity index (χ3v) is 4.93. The Hall–Kier alpha value is -3.71. The topological polar surface area (TPSA) is 132 Å². The molecule has 0 saturated heterocycles. The number of ether oxygens (including phenoxy) is 3. The summed E-state index contributed by atoms with van der Waals surface area (Å²) in [7, 11) is 2.36. The summed E-state index contributed by atoms with van der Waals surface area (Å²) in [5, 5.41) is 11.3. The first-order chi connectivity index (χ1) is 13.8. The Labute approximate surface area is 169 Å². The minimum atomic E-state index is -0.754. The highest BCUT2D eigenvalue weighted by atomic mass is 32.1. The fraction of sp³-hybridized carbons (Fsp3) is 0.211. The molecule has 0 bridgehead atoms. The number of benzene rings is 1. The summed E-state index contributed by atoms with van der Waals surface area (Å²) in [6, 6.07) is 7.62. The number of methoxy groups -OCH3 is 2. The van der Waals surface area contributed by atoms with Crippen LogP contribution in [0.4, 0.5) is 5.00 Å². The van der Waals surface area contributed by atoms with Crippen molar-refractivity contribution >= 4 is 40.2 Å². The van der Waals surface area contributed by atoms with E-state index >= 15 is 0 Å².